The number of nitrogens with zero attached hydrogens (tertiary/aromatic N) is 2. The molecule has 1 amide bonds. The van der Waals surface area contributed by atoms with Crippen LogP contribution in [0.25, 0.3) is 0 Å². The van der Waals surface area contributed by atoms with E-state index < -0.39 is 0 Å². The van der Waals surface area contributed by atoms with Crippen molar-refractivity contribution in [3.8, 4) is 5.75 Å². The van der Waals surface area contributed by atoms with Gasteiger partial charge in [-0.15, -0.1) is 0 Å². The van der Waals surface area contributed by atoms with Crippen molar-refractivity contribution in [2.75, 3.05) is 7.11 Å². The first-order chi connectivity index (χ1) is 10.9. The molecule has 5 heteroatoms. The lowest BCUT2D eigenvalue weighted by atomic mass is 10.1. The molecule has 124 valence electrons. The van der Waals surface area contributed by atoms with E-state index in [9.17, 15) is 4.79 Å². The van der Waals surface area contributed by atoms with Crippen molar-refractivity contribution in [1.29, 1.82) is 0 Å². The summed E-state index contributed by atoms with van der Waals surface area (Å²) in [5.74, 6) is 0.756. The predicted octanol–water partition coefficient (Wildman–Crippen LogP) is 3.08. The zero-order valence-corrected chi connectivity index (χ0v) is 14.8. The van der Waals surface area contributed by atoms with Crippen molar-refractivity contribution in [3.63, 3.8) is 0 Å². The Kier molecular flexibility index (Phi) is 5.08. The maximum Gasteiger partial charge on any atom is 0.253 e. The van der Waals surface area contributed by atoms with Gasteiger partial charge in [-0.05, 0) is 40.7 Å². The molecule has 0 fully saturated rings. The normalized spacial score (nSPS) is 10.7. The summed E-state index contributed by atoms with van der Waals surface area (Å²) in [6.07, 6.45) is 1.77. The second kappa shape index (κ2) is 6.86. The van der Waals surface area contributed by atoms with Crippen LogP contribution in [0.15, 0.2) is 12.3 Å². The fraction of sp³-hybridized carbons (Fsp3) is 0.444. The van der Waals surface area contributed by atoms with Crippen LogP contribution >= 0.6 is 0 Å². The van der Waals surface area contributed by atoms with E-state index in [1.165, 1.54) is 0 Å². The van der Waals surface area contributed by atoms with Crippen LogP contribution < -0.4 is 10.1 Å². The summed E-state index contributed by atoms with van der Waals surface area (Å²) in [6.45, 7) is 11.2. The van der Waals surface area contributed by atoms with Crippen LogP contribution in [-0.4, -0.2) is 22.6 Å². The van der Waals surface area contributed by atoms with Crippen LogP contribution in [0.5, 0.6) is 5.75 Å². The van der Waals surface area contributed by atoms with Crippen molar-refractivity contribution in [2.24, 2.45) is 0 Å². The van der Waals surface area contributed by atoms with E-state index in [2.05, 4.69) is 21.8 Å². The highest BCUT2D eigenvalue weighted by atomic mass is 16.5. The van der Waals surface area contributed by atoms with Crippen LogP contribution in [0, 0.1) is 27.7 Å². The van der Waals surface area contributed by atoms with Crippen molar-refractivity contribution < 1.29 is 9.53 Å². The zero-order valence-electron chi connectivity index (χ0n) is 14.8. The summed E-state index contributed by atoms with van der Waals surface area (Å²) in [4.78, 5) is 16.9. The Labute approximate surface area is 137 Å². The van der Waals surface area contributed by atoms with E-state index in [-0.39, 0.29) is 5.91 Å². The molecule has 0 saturated carbocycles. The van der Waals surface area contributed by atoms with Gasteiger partial charge in [-0.25, -0.2) is 0 Å². The van der Waals surface area contributed by atoms with Gasteiger partial charge in [-0.1, -0.05) is 0 Å². The monoisotopic (exact) mass is 315 g/mol. The summed E-state index contributed by atoms with van der Waals surface area (Å²) in [5, 5.41) is 2.96. The van der Waals surface area contributed by atoms with Gasteiger partial charge >= 0.3 is 0 Å². The highest BCUT2D eigenvalue weighted by Gasteiger charge is 2.16. The molecule has 0 radical (unpaired) electrons. The number of nitrogens with one attached hydrogen (secondary N) is 1. The summed E-state index contributed by atoms with van der Waals surface area (Å²) < 4.78 is 7.54. The molecule has 1 N–H and O–H groups in total. The molecule has 5 nitrogen and oxygen atoms in total. The average Bonchev–Trinajstić information content (AvgIpc) is 2.81. The first-order valence-electron chi connectivity index (χ1n) is 7.84. The molecular weight excluding hydrogens is 290 g/mol. The lowest BCUT2D eigenvalue weighted by Gasteiger charge is -2.13. The van der Waals surface area contributed by atoms with Gasteiger partial charge in [0.2, 0.25) is 0 Å². The molecule has 2 aromatic heterocycles. The number of ether oxygens (including phenoxy) is 1. The van der Waals surface area contributed by atoms with E-state index in [1.54, 1.807) is 13.3 Å². The quantitative estimate of drug-likeness (QED) is 0.922. The van der Waals surface area contributed by atoms with Gasteiger partial charge in [0.15, 0.2) is 0 Å². The third kappa shape index (κ3) is 3.23. The third-order valence-corrected chi connectivity index (χ3v) is 4.30. The molecule has 0 spiro atoms. The molecule has 0 atom stereocenters. The Morgan fingerprint density at radius 3 is 2.57 bits per heavy atom. The van der Waals surface area contributed by atoms with E-state index in [0.29, 0.717) is 6.54 Å². The second-order valence-electron chi connectivity index (χ2n) is 5.76. The number of hydrogen-bond donors (Lipinski definition) is 1. The Morgan fingerprint density at radius 2 is 2.00 bits per heavy atom. The Bertz CT molecular complexity index is 732. The van der Waals surface area contributed by atoms with Crippen LogP contribution in [0.4, 0.5) is 0 Å². The Morgan fingerprint density at radius 1 is 1.30 bits per heavy atom. The number of aryl methyl sites for hydroxylation is 2. The van der Waals surface area contributed by atoms with Crippen molar-refractivity contribution in [1.82, 2.24) is 14.9 Å². The minimum absolute atomic E-state index is 0.0708. The van der Waals surface area contributed by atoms with Gasteiger partial charge in [0.1, 0.15) is 5.75 Å². The second-order valence-corrected chi connectivity index (χ2v) is 5.76. The van der Waals surface area contributed by atoms with E-state index in [1.807, 2.05) is 33.8 Å². The fourth-order valence-electron chi connectivity index (χ4n) is 3.03. The minimum atomic E-state index is -0.0708. The van der Waals surface area contributed by atoms with Crippen molar-refractivity contribution >= 4 is 5.91 Å². The van der Waals surface area contributed by atoms with Gasteiger partial charge < -0.3 is 14.6 Å². The maximum absolute atomic E-state index is 12.5. The van der Waals surface area contributed by atoms with Gasteiger partial charge in [0.25, 0.3) is 5.91 Å². The maximum atomic E-state index is 12.5. The summed E-state index contributed by atoms with van der Waals surface area (Å²) in [6, 6.07) is 1.93. The number of carbonyl (C=O) groups excluding carboxylic acids is 1. The van der Waals surface area contributed by atoms with Gasteiger partial charge in [-0.2, -0.15) is 0 Å². The molecule has 0 bridgehead atoms. The summed E-state index contributed by atoms with van der Waals surface area (Å²) in [7, 11) is 1.65. The lowest BCUT2D eigenvalue weighted by Crippen LogP contribution is -2.24. The Hall–Kier alpha value is -2.30. The number of aromatic nitrogens is 2. The number of methoxy groups -OCH3 is 1. The largest absolute Gasteiger partial charge is 0.496 e. The number of carbonyl (C=O) groups is 1. The van der Waals surface area contributed by atoms with Crippen LogP contribution in [-0.2, 0) is 13.1 Å². The van der Waals surface area contributed by atoms with E-state index in [0.717, 1.165) is 46.1 Å². The molecule has 2 rings (SSSR count). The van der Waals surface area contributed by atoms with E-state index >= 15 is 0 Å². The number of rotatable bonds is 5. The fourth-order valence-corrected chi connectivity index (χ4v) is 3.03. The minimum Gasteiger partial charge on any atom is -0.496 e. The smallest absolute Gasteiger partial charge is 0.253 e. The van der Waals surface area contributed by atoms with Crippen molar-refractivity contribution in [2.45, 2.75) is 47.7 Å². The average molecular weight is 315 g/mol. The number of amides is 1. The zero-order chi connectivity index (χ0) is 17.1. The topological polar surface area (TPSA) is 56.2 Å². The molecule has 0 unspecified atom stereocenters. The summed E-state index contributed by atoms with van der Waals surface area (Å²) >= 11 is 0. The van der Waals surface area contributed by atoms with Crippen LogP contribution in [0.2, 0.25) is 0 Å². The predicted molar refractivity (Wildman–Crippen MR) is 91.0 cm³/mol. The third-order valence-electron chi connectivity index (χ3n) is 4.30. The van der Waals surface area contributed by atoms with Gasteiger partial charge in [-0.3, -0.25) is 9.78 Å². The molecule has 0 aliphatic carbocycles. The first kappa shape index (κ1) is 17.1. The molecular formula is C18H25N3O2. The van der Waals surface area contributed by atoms with Crippen LogP contribution in [0.1, 0.15) is 45.5 Å². The molecule has 0 aliphatic heterocycles. The first-order valence-corrected chi connectivity index (χ1v) is 7.84. The van der Waals surface area contributed by atoms with Gasteiger partial charge in [0.05, 0.1) is 24.9 Å². The molecule has 0 saturated heterocycles. The molecule has 2 heterocycles. The highest BCUT2D eigenvalue weighted by molar-refractivity contribution is 5.95. The van der Waals surface area contributed by atoms with E-state index in [4.69, 9.17) is 4.74 Å². The summed E-state index contributed by atoms with van der Waals surface area (Å²) in [5.41, 5.74) is 5.60. The SMILES string of the molecule is CCn1c(C)cc(C(=O)NCc2ncc(C)c(OC)c2C)c1C. The number of hydrogen-bond acceptors (Lipinski definition) is 3. The molecule has 0 aromatic carbocycles. The lowest BCUT2D eigenvalue weighted by molar-refractivity contribution is 0.0949. The highest BCUT2D eigenvalue weighted by Crippen LogP contribution is 2.24. The Balaban J connectivity index is 2.17. The molecule has 23 heavy (non-hydrogen) atoms. The number of pyridine rings is 1. The van der Waals surface area contributed by atoms with Crippen molar-refractivity contribution in [3.05, 3.63) is 46.0 Å². The van der Waals surface area contributed by atoms with Crippen LogP contribution in [0.3, 0.4) is 0 Å². The standard InChI is InChI=1S/C18H25N3O2/c1-7-21-12(3)8-15(14(21)5)18(22)20-10-16-13(4)17(23-6)11(2)9-19-16/h8-9H,7,10H2,1-6H3,(H,20,22). The molecule has 2 aromatic rings. The molecule has 0 aliphatic rings. The van der Waals surface area contributed by atoms with Gasteiger partial charge in [0, 0.05) is 35.3 Å².